The third-order valence-corrected chi connectivity index (χ3v) is 3.62. The number of alkyl halides is 1. The molecule has 0 fully saturated rings. The number of hydrogen-bond donors (Lipinski definition) is 0. The van der Waals surface area contributed by atoms with Gasteiger partial charge in [0.15, 0.2) is 0 Å². The minimum absolute atomic E-state index is 0.0484. The lowest BCUT2D eigenvalue weighted by Crippen LogP contribution is -2.17. The van der Waals surface area contributed by atoms with Crippen molar-refractivity contribution in [3.8, 4) is 0 Å². The Morgan fingerprint density at radius 2 is 2.20 bits per heavy atom. The molecule has 84 valence electrons. The third kappa shape index (κ3) is 4.82. The van der Waals surface area contributed by atoms with Crippen molar-refractivity contribution in [2.75, 3.05) is 12.0 Å². The fraction of sp³-hybridized carbons (Fsp3) is 0.444. The molecule has 1 aromatic heterocycles. The lowest BCUT2D eigenvalue weighted by atomic mass is 10.1. The highest BCUT2D eigenvalue weighted by molar-refractivity contribution is 7.90. The van der Waals surface area contributed by atoms with Crippen molar-refractivity contribution < 1.29 is 8.42 Å². The second kappa shape index (κ2) is 5.14. The Kier molecular flexibility index (Phi) is 4.37. The van der Waals surface area contributed by atoms with Crippen molar-refractivity contribution in [1.82, 2.24) is 4.98 Å². The van der Waals surface area contributed by atoms with Crippen LogP contribution < -0.4 is 0 Å². The molecule has 0 amide bonds. The van der Waals surface area contributed by atoms with Crippen LogP contribution in [0.3, 0.4) is 0 Å². The minimum Gasteiger partial charge on any atom is -0.263 e. The molecule has 1 atom stereocenters. The monoisotopic (exact) mass is 267 g/mol. The highest BCUT2D eigenvalue weighted by Gasteiger charge is 2.14. The summed E-state index contributed by atoms with van der Waals surface area (Å²) < 4.78 is 22.0. The quantitative estimate of drug-likeness (QED) is 0.784. The van der Waals surface area contributed by atoms with Gasteiger partial charge in [-0.05, 0) is 18.1 Å². The van der Waals surface area contributed by atoms with Crippen LogP contribution in [0.4, 0.5) is 0 Å². The average Bonchev–Trinajstić information content (AvgIpc) is 2.05. The van der Waals surface area contributed by atoms with Crippen LogP contribution in [0.15, 0.2) is 18.5 Å². The van der Waals surface area contributed by atoms with Gasteiger partial charge in [0.05, 0.1) is 16.2 Å². The molecule has 1 rings (SSSR count). The predicted molar refractivity (Wildman–Crippen MR) is 62.3 cm³/mol. The Labute approximate surface area is 99.3 Å². The van der Waals surface area contributed by atoms with Crippen LogP contribution in [0.5, 0.6) is 0 Å². The van der Waals surface area contributed by atoms with Crippen molar-refractivity contribution in [3.63, 3.8) is 0 Å². The molecule has 0 bridgehead atoms. The molecule has 0 aliphatic carbocycles. The number of rotatable bonds is 4. The molecule has 0 aliphatic rings. The van der Waals surface area contributed by atoms with Crippen LogP contribution in [0.25, 0.3) is 0 Å². The highest BCUT2D eigenvalue weighted by Crippen LogP contribution is 2.17. The summed E-state index contributed by atoms with van der Waals surface area (Å²) in [6.07, 6.45) is 4.71. The van der Waals surface area contributed by atoms with Gasteiger partial charge >= 0.3 is 0 Å². The maximum absolute atomic E-state index is 11.0. The molecule has 0 radical (unpaired) electrons. The summed E-state index contributed by atoms with van der Waals surface area (Å²) >= 11 is 11.8. The van der Waals surface area contributed by atoms with E-state index in [0.29, 0.717) is 11.4 Å². The van der Waals surface area contributed by atoms with Gasteiger partial charge in [-0.1, -0.05) is 11.6 Å². The van der Waals surface area contributed by atoms with Crippen LogP contribution in [-0.4, -0.2) is 30.8 Å². The largest absolute Gasteiger partial charge is 0.263 e. The van der Waals surface area contributed by atoms with Gasteiger partial charge in [0.1, 0.15) is 9.84 Å². The molecule has 15 heavy (non-hydrogen) atoms. The van der Waals surface area contributed by atoms with Crippen LogP contribution in [0.1, 0.15) is 5.56 Å². The Hall–Kier alpha value is -0.320. The van der Waals surface area contributed by atoms with Crippen LogP contribution in [-0.2, 0) is 16.3 Å². The summed E-state index contributed by atoms with van der Waals surface area (Å²) in [5.74, 6) is -0.0484. The summed E-state index contributed by atoms with van der Waals surface area (Å²) in [7, 11) is -3.05. The predicted octanol–water partition coefficient (Wildman–Crippen LogP) is 1.93. The van der Waals surface area contributed by atoms with Gasteiger partial charge in [-0.3, -0.25) is 4.98 Å². The summed E-state index contributed by atoms with van der Waals surface area (Å²) in [6, 6.07) is 1.74. The highest BCUT2D eigenvalue weighted by atomic mass is 35.5. The molecule has 0 N–H and O–H groups in total. The summed E-state index contributed by atoms with van der Waals surface area (Å²) in [5.41, 5.74) is 0.815. The Morgan fingerprint density at radius 3 is 2.73 bits per heavy atom. The third-order valence-electron chi connectivity index (χ3n) is 1.78. The van der Waals surface area contributed by atoms with Crippen molar-refractivity contribution in [3.05, 3.63) is 29.0 Å². The first kappa shape index (κ1) is 12.7. The maximum atomic E-state index is 11.0. The number of aromatic nitrogens is 1. The van der Waals surface area contributed by atoms with Crippen molar-refractivity contribution >= 4 is 33.0 Å². The smallest absolute Gasteiger partial charge is 0.148 e. The zero-order valence-corrected chi connectivity index (χ0v) is 10.5. The van der Waals surface area contributed by atoms with Gasteiger partial charge in [-0.25, -0.2) is 8.42 Å². The number of halogens is 2. The molecular weight excluding hydrogens is 257 g/mol. The Balaban J connectivity index is 2.67. The van der Waals surface area contributed by atoms with Crippen LogP contribution in [0, 0.1) is 0 Å². The molecule has 1 unspecified atom stereocenters. The summed E-state index contributed by atoms with van der Waals surface area (Å²) in [6.45, 7) is 0. The van der Waals surface area contributed by atoms with E-state index in [0.717, 1.165) is 11.8 Å². The number of sulfone groups is 1. The molecule has 0 aliphatic heterocycles. The topological polar surface area (TPSA) is 47.0 Å². The van der Waals surface area contributed by atoms with Crippen molar-refractivity contribution in [2.45, 2.75) is 11.8 Å². The van der Waals surface area contributed by atoms with E-state index in [1.807, 2.05) is 0 Å². The Bertz CT molecular complexity index is 433. The second-order valence-corrected chi connectivity index (χ2v) is 6.57. The number of pyridine rings is 1. The lowest BCUT2D eigenvalue weighted by molar-refractivity contribution is 0.599. The zero-order chi connectivity index (χ0) is 11.5. The normalized spacial score (nSPS) is 13.8. The molecule has 1 aromatic rings. The molecule has 0 saturated heterocycles. The van der Waals surface area contributed by atoms with Gasteiger partial charge in [-0.2, -0.15) is 0 Å². The van der Waals surface area contributed by atoms with E-state index in [4.69, 9.17) is 23.2 Å². The molecule has 0 spiro atoms. The summed E-state index contributed by atoms with van der Waals surface area (Å²) in [4.78, 5) is 3.83. The molecule has 3 nitrogen and oxygen atoms in total. The van der Waals surface area contributed by atoms with E-state index in [-0.39, 0.29) is 5.75 Å². The van der Waals surface area contributed by atoms with E-state index < -0.39 is 15.2 Å². The van der Waals surface area contributed by atoms with E-state index in [9.17, 15) is 8.42 Å². The first-order valence-corrected chi connectivity index (χ1v) is 7.16. The van der Waals surface area contributed by atoms with Gasteiger partial charge in [0, 0.05) is 18.6 Å². The van der Waals surface area contributed by atoms with Gasteiger partial charge < -0.3 is 0 Å². The number of nitrogens with zero attached hydrogens (tertiary/aromatic N) is 1. The van der Waals surface area contributed by atoms with Crippen molar-refractivity contribution in [1.29, 1.82) is 0 Å². The SMILES string of the molecule is CS(=O)(=O)CC(Cl)Cc1ccncc1Cl. The minimum atomic E-state index is -3.05. The molecule has 1 heterocycles. The van der Waals surface area contributed by atoms with Gasteiger partial charge in [0.2, 0.25) is 0 Å². The molecule has 6 heteroatoms. The van der Waals surface area contributed by atoms with Crippen LogP contribution >= 0.6 is 23.2 Å². The maximum Gasteiger partial charge on any atom is 0.148 e. The second-order valence-electron chi connectivity index (χ2n) is 3.36. The molecule has 0 aromatic carbocycles. The first-order valence-electron chi connectivity index (χ1n) is 4.28. The number of hydrogen-bond acceptors (Lipinski definition) is 3. The van der Waals surface area contributed by atoms with E-state index in [1.165, 1.54) is 6.20 Å². The van der Waals surface area contributed by atoms with Crippen LogP contribution in [0.2, 0.25) is 5.02 Å². The standard InChI is InChI=1S/C9H11Cl2NO2S/c1-15(13,14)6-8(10)4-7-2-3-12-5-9(7)11/h2-3,5,8H,4,6H2,1H3. The summed E-state index contributed by atoms with van der Waals surface area (Å²) in [5, 5.41) is 0.0524. The lowest BCUT2D eigenvalue weighted by Gasteiger charge is -2.08. The van der Waals surface area contributed by atoms with E-state index >= 15 is 0 Å². The average molecular weight is 268 g/mol. The molecular formula is C9H11Cl2NO2S. The zero-order valence-electron chi connectivity index (χ0n) is 8.15. The van der Waals surface area contributed by atoms with E-state index in [2.05, 4.69) is 4.98 Å². The van der Waals surface area contributed by atoms with Gasteiger partial charge in [0.25, 0.3) is 0 Å². The fourth-order valence-electron chi connectivity index (χ4n) is 1.20. The van der Waals surface area contributed by atoms with E-state index in [1.54, 1.807) is 12.3 Å². The van der Waals surface area contributed by atoms with Crippen molar-refractivity contribution in [2.24, 2.45) is 0 Å². The fourth-order valence-corrected chi connectivity index (χ4v) is 3.02. The Morgan fingerprint density at radius 1 is 1.53 bits per heavy atom. The first-order chi connectivity index (χ1) is 6.88. The molecule has 0 saturated carbocycles. The van der Waals surface area contributed by atoms with Gasteiger partial charge in [-0.15, -0.1) is 11.6 Å².